The predicted molar refractivity (Wildman–Crippen MR) is 86.1 cm³/mol. The molecule has 1 heterocycles. The molecular formula is C15H25N3O2S. The van der Waals surface area contributed by atoms with E-state index in [0.29, 0.717) is 17.5 Å². The zero-order chi connectivity index (χ0) is 15.3. The van der Waals surface area contributed by atoms with E-state index in [0.717, 1.165) is 38.2 Å². The van der Waals surface area contributed by atoms with Gasteiger partial charge < -0.3 is 5.32 Å². The Labute approximate surface area is 127 Å². The second-order valence-corrected chi connectivity index (χ2v) is 7.10. The topological polar surface area (TPSA) is 61.4 Å². The van der Waals surface area contributed by atoms with Crippen LogP contribution in [0.15, 0.2) is 29.2 Å². The average molecular weight is 311 g/mol. The van der Waals surface area contributed by atoms with Gasteiger partial charge >= 0.3 is 0 Å². The lowest BCUT2D eigenvalue weighted by molar-refractivity contribution is 0.268. The van der Waals surface area contributed by atoms with Crippen molar-refractivity contribution in [3.63, 3.8) is 0 Å². The molecule has 0 radical (unpaired) electrons. The van der Waals surface area contributed by atoms with Gasteiger partial charge in [-0.2, -0.15) is 0 Å². The zero-order valence-electron chi connectivity index (χ0n) is 12.8. The second-order valence-electron chi connectivity index (χ2n) is 5.33. The van der Waals surface area contributed by atoms with E-state index in [2.05, 4.69) is 21.9 Å². The van der Waals surface area contributed by atoms with Gasteiger partial charge in [0.1, 0.15) is 0 Å². The number of likely N-dealkylation sites (tertiary alicyclic amines) is 1. The Bertz CT molecular complexity index is 543. The lowest BCUT2D eigenvalue weighted by Crippen LogP contribution is -2.39. The lowest BCUT2D eigenvalue weighted by atomic mass is 10.2. The van der Waals surface area contributed by atoms with Crippen molar-refractivity contribution < 1.29 is 8.42 Å². The van der Waals surface area contributed by atoms with Crippen molar-refractivity contribution in [2.24, 2.45) is 0 Å². The van der Waals surface area contributed by atoms with E-state index in [4.69, 9.17) is 0 Å². The van der Waals surface area contributed by atoms with Gasteiger partial charge in [-0.15, -0.1) is 0 Å². The van der Waals surface area contributed by atoms with Crippen LogP contribution in [0, 0.1) is 0 Å². The highest BCUT2D eigenvalue weighted by atomic mass is 32.2. The van der Waals surface area contributed by atoms with Crippen molar-refractivity contribution >= 4 is 15.7 Å². The van der Waals surface area contributed by atoms with Gasteiger partial charge in [0.25, 0.3) is 0 Å². The molecule has 1 aliphatic heterocycles. The van der Waals surface area contributed by atoms with Gasteiger partial charge in [-0.1, -0.05) is 6.92 Å². The molecule has 0 saturated carbocycles. The molecule has 1 aliphatic rings. The zero-order valence-corrected chi connectivity index (χ0v) is 13.6. The largest absolute Gasteiger partial charge is 0.385 e. The Hall–Kier alpha value is -1.11. The molecule has 118 valence electrons. The first-order valence-corrected chi connectivity index (χ1v) is 9.12. The maximum absolute atomic E-state index is 12.3. The number of rotatable bonds is 7. The smallest absolute Gasteiger partial charge is 0.240 e. The fraction of sp³-hybridized carbons (Fsp3) is 0.600. The minimum Gasteiger partial charge on any atom is -0.385 e. The molecule has 0 amide bonds. The first-order valence-electron chi connectivity index (χ1n) is 7.64. The summed E-state index contributed by atoms with van der Waals surface area (Å²) in [6.45, 7) is 7.48. The van der Waals surface area contributed by atoms with Crippen LogP contribution in [0.1, 0.15) is 26.7 Å². The van der Waals surface area contributed by atoms with Crippen LogP contribution in [0.3, 0.4) is 0 Å². The van der Waals surface area contributed by atoms with Crippen LogP contribution in [0.5, 0.6) is 0 Å². The molecule has 0 aliphatic carbocycles. The van der Waals surface area contributed by atoms with Crippen LogP contribution in [0.2, 0.25) is 0 Å². The van der Waals surface area contributed by atoms with Crippen LogP contribution in [0.4, 0.5) is 5.69 Å². The molecule has 1 unspecified atom stereocenters. The highest BCUT2D eigenvalue weighted by molar-refractivity contribution is 7.89. The minimum atomic E-state index is -3.42. The Kier molecular flexibility index (Phi) is 5.61. The number of hydrogen-bond donors (Lipinski definition) is 2. The van der Waals surface area contributed by atoms with E-state index >= 15 is 0 Å². The molecule has 6 heteroatoms. The Balaban J connectivity index is 1.97. The Morgan fingerprint density at radius 2 is 1.95 bits per heavy atom. The SMILES string of the molecule is CCNc1ccc(S(=O)(=O)NCC2CCCN2CC)cc1. The summed E-state index contributed by atoms with van der Waals surface area (Å²) in [5.74, 6) is 0. The van der Waals surface area contributed by atoms with E-state index in [1.165, 1.54) is 0 Å². The second kappa shape index (κ2) is 7.24. The number of likely N-dealkylation sites (N-methyl/N-ethyl adjacent to an activating group) is 1. The van der Waals surface area contributed by atoms with Crippen molar-refractivity contribution in [3.8, 4) is 0 Å². The van der Waals surface area contributed by atoms with E-state index in [-0.39, 0.29) is 0 Å². The standard InChI is InChI=1S/C15H25N3O2S/c1-3-16-13-7-9-15(10-8-13)21(19,20)17-12-14-6-5-11-18(14)4-2/h7-10,14,16-17H,3-6,11-12H2,1-2H3. The molecule has 1 atom stereocenters. The third-order valence-corrected chi connectivity index (χ3v) is 5.40. The van der Waals surface area contributed by atoms with Gasteiger partial charge in [0.2, 0.25) is 10.0 Å². The van der Waals surface area contributed by atoms with Crippen molar-refractivity contribution in [1.29, 1.82) is 0 Å². The van der Waals surface area contributed by atoms with Crippen LogP contribution >= 0.6 is 0 Å². The summed E-state index contributed by atoms with van der Waals surface area (Å²) in [6.07, 6.45) is 2.22. The molecular weight excluding hydrogens is 286 g/mol. The monoisotopic (exact) mass is 311 g/mol. The van der Waals surface area contributed by atoms with E-state index in [1.54, 1.807) is 24.3 Å². The summed E-state index contributed by atoms with van der Waals surface area (Å²) in [4.78, 5) is 2.65. The Morgan fingerprint density at radius 3 is 2.57 bits per heavy atom. The van der Waals surface area contributed by atoms with Crippen LogP contribution < -0.4 is 10.0 Å². The molecule has 0 aromatic heterocycles. The van der Waals surface area contributed by atoms with Gasteiger partial charge in [0.05, 0.1) is 4.90 Å². The Morgan fingerprint density at radius 1 is 1.24 bits per heavy atom. The summed E-state index contributed by atoms with van der Waals surface area (Å²) < 4.78 is 27.3. The highest BCUT2D eigenvalue weighted by Gasteiger charge is 2.24. The molecule has 2 rings (SSSR count). The third kappa shape index (κ3) is 4.18. The molecule has 1 aromatic carbocycles. The highest BCUT2D eigenvalue weighted by Crippen LogP contribution is 2.17. The predicted octanol–water partition coefficient (Wildman–Crippen LogP) is 1.88. The average Bonchev–Trinajstić information content (AvgIpc) is 2.94. The maximum Gasteiger partial charge on any atom is 0.240 e. The first kappa shape index (κ1) is 16.3. The van der Waals surface area contributed by atoms with E-state index < -0.39 is 10.0 Å². The number of anilines is 1. The van der Waals surface area contributed by atoms with Crippen molar-refractivity contribution in [1.82, 2.24) is 9.62 Å². The summed E-state index contributed by atoms with van der Waals surface area (Å²) in [5.41, 5.74) is 0.935. The van der Waals surface area contributed by atoms with Crippen LogP contribution in [0.25, 0.3) is 0 Å². The van der Waals surface area contributed by atoms with Crippen LogP contribution in [-0.2, 0) is 10.0 Å². The number of benzene rings is 1. The van der Waals surface area contributed by atoms with Gasteiger partial charge in [-0.05, 0) is 57.1 Å². The number of nitrogens with zero attached hydrogens (tertiary/aromatic N) is 1. The quantitative estimate of drug-likeness (QED) is 0.807. The van der Waals surface area contributed by atoms with Gasteiger partial charge in [0, 0.05) is 24.8 Å². The lowest BCUT2D eigenvalue weighted by Gasteiger charge is -2.22. The normalized spacial score (nSPS) is 19.8. The van der Waals surface area contributed by atoms with Crippen molar-refractivity contribution in [2.45, 2.75) is 37.6 Å². The van der Waals surface area contributed by atoms with Crippen LogP contribution in [-0.4, -0.2) is 45.5 Å². The molecule has 1 saturated heterocycles. The van der Waals surface area contributed by atoms with E-state index in [1.807, 2.05) is 6.92 Å². The maximum atomic E-state index is 12.3. The first-order chi connectivity index (χ1) is 10.1. The molecule has 1 fully saturated rings. The summed E-state index contributed by atoms with van der Waals surface area (Å²) >= 11 is 0. The van der Waals surface area contributed by atoms with E-state index in [9.17, 15) is 8.42 Å². The molecule has 21 heavy (non-hydrogen) atoms. The molecule has 0 bridgehead atoms. The summed E-state index contributed by atoms with van der Waals surface area (Å²) in [6, 6.07) is 7.21. The molecule has 1 aromatic rings. The van der Waals surface area contributed by atoms with Gasteiger partial charge in [-0.3, -0.25) is 4.90 Å². The third-order valence-electron chi connectivity index (χ3n) is 3.96. The molecule has 5 nitrogen and oxygen atoms in total. The van der Waals surface area contributed by atoms with Gasteiger partial charge in [0.15, 0.2) is 0 Å². The van der Waals surface area contributed by atoms with Crippen molar-refractivity contribution in [2.75, 3.05) is 31.5 Å². The van der Waals surface area contributed by atoms with Crippen molar-refractivity contribution in [3.05, 3.63) is 24.3 Å². The number of nitrogens with one attached hydrogen (secondary N) is 2. The fourth-order valence-electron chi connectivity index (χ4n) is 2.79. The summed E-state index contributed by atoms with van der Waals surface area (Å²) in [5, 5.41) is 3.15. The van der Waals surface area contributed by atoms with Gasteiger partial charge in [-0.25, -0.2) is 13.1 Å². The molecule has 0 spiro atoms. The fourth-order valence-corrected chi connectivity index (χ4v) is 3.86. The molecule has 2 N–H and O–H groups in total. The summed E-state index contributed by atoms with van der Waals surface area (Å²) in [7, 11) is -3.42. The number of sulfonamides is 1. The number of hydrogen-bond acceptors (Lipinski definition) is 4. The minimum absolute atomic E-state index is 0.324.